The molecule has 6 aromatic rings. The van der Waals surface area contributed by atoms with Crippen molar-refractivity contribution < 1.29 is 31.0 Å². The molecule has 0 saturated heterocycles. The average molecular weight is 706 g/mol. The standard InChI is InChI=1S/C31H24ClN7O7S2/c1-2-39(20-11-4-3-5-12-20)31-35-29(32)34-30(36-31)33-22-14-8-10-19-17-24(47(41,42)43)26(27(40)25(19)22)38-37-23-16-15-18-9-6-7-13-21(18)28(23)48(44,45)46/h3-17,40H,2H2,1H3,(H,41,42,43)(H,44,45,46)(H,33,34,35,36). The fourth-order valence-corrected chi connectivity index (χ4v) is 6.82. The van der Waals surface area contributed by atoms with E-state index in [0.29, 0.717) is 11.9 Å². The Kier molecular flexibility index (Phi) is 8.67. The fraction of sp³-hybridized carbons (Fsp3) is 0.0645. The van der Waals surface area contributed by atoms with Crippen molar-refractivity contribution in [2.24, 2.45) is 10.2 Å². The van der Waals surface area contributed by atoms with Crippen LogP contribution in [0.15, 0.2) is 111 Å². The summed E-state index contributed by atoms with van der Waals surface area (Å²) in [5, 5.41) is 22.9. The van der Waals surface area contributed by atoms with E-state index in [1.54, 1.807) is 35.2 Å². The highest BCUT2D eigenvalue weighted by molar-refractivity contribution is 7.86. The van der Waals surface area contributed by atoms with Crippen molar-refractivity contribution in [3.63, 3.8) is 0 Å². The van der Waals surface area contributed by atoms with Crippen LogP contribution in [0.5, 0.6) is 5.75 Å². The number of nitrogens with one attached hydrogen (secondary N) is 1. The number of aromatic nitrogens is 3. The van der Waals surface area contributed by atoms with E-state index in [9.17, 15) is 31.0 Å². The minimum atomic E-state index is -5.00. The minimum absolute atomic E-state index is 0.0118. The van der Waals surface area contributed by atoms with E-state index >= 15 is 0 Å². The fourth-order valence-electron chi connectivity index (χ4n) is 5.17. The van der Waals surface area contributed by atoms with Crippen LogP contribution in [0.2, 0.25) is 5.28 Å². The Balaban J connectivity index is 1.49. The molecule has 6 rings (SSSR count). The van der Waals surface area contributed by atoms with Crippen LogP contribution in [0.1, 0.15) is 6.92 Å². The zero-order chi connectivity index (χ0) is 34.2. The van der Waals surface area contributed by atoms with Crippen molar-refractivity contribution in [1.29, 1.82) is 0 Å². The van der Waals surface area contributed by atoms with Gasteiger partial charge < -0.3 is 15.3 Å². The van der Waals surface area contributed by atoms with Gasteiger partial charge in [-0.3, -0.25) is 9.11 Å². The summed E-state index contributed by atoms with van der Waals surface area (Å²) >= 11 is 6.27. The van der Waals surface area contributed by atoms with E-state index in [1.807, 2.05) is 37.3 Å². The van der Waals surface area contributed by atoms with Gasteiger partial charge in [-0.1, -0.05) is 60.7 Å². The summed E-state index contributed by atoms with van der Waals surface area (Å²) in [6.07, 6.45) is 0. The maximum Gasteiger partial charge on any atom is 0.297 e. The van der Waals surface area contributed by atoms with Gasteiger partial charge in [0.1, 0.15) is 21.2 Å². The Morgan fingerprint density at radius 2 is 1.52 bits per heavy atom. The number of anilines is 4. The maximum absolute atomic E-state index is 12.5. The maximum atomic E-state index is 12.5. The molecule has 0 aliphatic rings. The number of halogens is 1. The predicted molar refractivity (Wildman–Crippen MR) is 181 cm³/mol. The first kappa shape index (κ1) is 32.7. The Bertz CT molecular complexity index is 2470. The zero-order valence-electron chi connectivity index (χ0n) is 24.7. The van der Waals surface area contributed by atoms with E-state index in [2.05, 4.69) is 30.5 Å². The molecule has 0 amide bonds. The highest BCUT2D eigenvalue weighted by Gasteiger charge is 2.25. The van der Waals surface area contributed by atoms with Crippen LogP contribution in [0, 0.1) is 0 Å². The molecule has 0 fully saturated rings. The summed E-state index contributed by atoms with van der Waals surface area (Å²) < 4.78 is 69.8. The van der Waals surface area contributed by atoms with Crippen LogP contribution < -0.4 is 10.2 Å². The third kappa shape index (κ3) is 6.47. The van der Waals surface area contributed by atoms with Gasteiger partial charge in [0.25, 0.3) is 20.2 Å². The highest BCUT2D eigenvalue weighted by Crippen LogP contribution is 2.45. The molecule has 0 bridgehead atoms. The number of phenolic OH excluding ortho intramolecular Hbond substituents is 1. The van der Waals surface area contributed by atoms with Crippen molar-refractivity contribution in [3.8, 4) is 5.75 Å². The molecule has 48 heavy (non-hydrogen) atoms. The molecule has 17 heteroatoms. The Morgan fingerprint density at radius 1 is 0.812 bits per heavy atom. The third-order valence-electron chi connectivity index (χ3n) is 7.20. The lowest BCUT2D eigenvalue weighted by molar-refractivity contribution is 0.472. The first-order valence-corrected chi connectivity index (χ1v) is 17.3. The molecule has 0 saturated carbocycles. The predicted octanol–water partition coefficient (Wildman–Crippen LogP) is 7.35. The third-order valence-corrected chi connectivity index (χ3v) is 9.18. The number of hydrogen-bond acceptors (Lipinski definition) is 12. The molecule has 5 aromatic carbocycles. The van der Waals surface area contributed by atoms with Crippen molar-refractivity contribution in [2.45, 2.75) is 16.7 Å². The monoisotopic (exact) mass is 705 g/mol. The van der Waals surface area contributed by atoms with Gasteiger partial charge in [0.2, 0.25) is 17.2 Å². The van der Waals surface area contributed by atoms with Gasteiger partial charge in [0.05, 0.1) is 5.69 Å². The van der Waals surface area contributed by atoms with Crippen molar-refractivity contribution in [3.05, 3.63) is 96.3 Å². The second-order valence-corrected chi connectivity index (χ2v) is 13.3. The van der Waals surface area contributed by atoms with Crippen LogP contribution in [0.3, 0.4) is 0 Å². The Morgan fingerprint density at radius 3 is 2.23 bits per heavy atom. The number of para-hydroxylation sites is 1. The normalized spacial score (nSPS) is 12.2. The van der Waals surface area contributed by atoms with Crippen LogP contribution >= 0.6 is 11.6 Å². The van der Waals surface area contributed by atoms with Crippen LogP contribution in [-0.2, 0) is 20.2 Å². The van der Waals surface area contributed by atoms with Gasteiger partial charge in [0, 0.05) is 23.0 Å². The molecule has 1 heterocycles. The summed E-state index contributed by atoms with van der Waals surface area (Å²) in [6, 6.07) is 24.0. The van der Waals surface area contributed by atoms with Crippen molar-refractivity contribution in [2.75, 3.05) is 16.8 Å². The number of hydrogen-bond donors (Lipinski definition) is 4. The number of rotatable bonds is 9. The number of aromatic hydroxyl groups is 1. The van der Waals surface area contributed by atoms with Gasteiger partial charge in [0.15, 0.2) is 5.75 Å². The molecule has 4 N–H and O–H groups in total. The average Bonchev–Trinajstić information content (AvgIpc) is 3.03. The topological polar surface area (TPSA) is 208 Å². The van der Waals surface area contributed by atoms with Gasteiger partial charge >= 0.3 is 0 Å². The van der Waals surface area contributed by atoms with Crippen molar-refractivity contribution >= 4 is 88.0 Å². The quantitative estimate of drug-likeness (QED) is 0.0860. The van der Waals surface area contributed by atoms with Gasteiger partial charge in [-0.2, -0.15) is 31.8 Å². The molecule has 0 radical (unpaired) electrons. The molecular formula is C31H24ClN7O7S2. The molecule has 0 spiro atoms. The van der Waals surface area contributed by atoms with E-state index in [1.165, 1.54) is 24.3 Å². The molecule has 0 aliphatic heterocycles. The van der Waals surface area contributed by atoms with Crippen molar-refractivity contribution in [1.82, 2.24) is 15.0 Å². The lowest BCUT2D eigenvalue weighted by Gasteiger charge is -2.21. The van der Waals surface area contributed by atoms with Crippen LogP contribution in [0.25, 0.3) is 21.5 Å². The number of benzene rings is 5. The van der Waals surface area contributed by atoms with Crippen LogP contribution in [0.4, 0.5) is 34.6 Å². The van der Waals surface area contributed by atoms with E-state index in [0.717, 1.165) is 11.8 Å². The van der Waals surface area contributed by atoms with Gasteiger partial charge in [-0.25, -0.2) is 0 Å². The highest BCUT2D eigenvalue weighted by atomic mass is 35.5. The van der Waals surface area contributed by atoms with Crippen LogP contribution in [-0.4, -0.2) is 52.5 Å². The molecule has 1 aromatic heterocycles. The molecule has 14 nitrogen and oxygen atoms in total. The SMILES string of the molecule is CCN(c1ccccc1)c1nc(Cl)nc(Nc2cccc3cc(S(=O)(=O)O)c(N=Nc4ccc5ccccc5c4S(=O)(=O)O)c(O)c23)n1. The molecular weight excluding hydrogens is 682 g/mol. The summed E-state index contributed by atoms with van der Waals surface area (Å²) in [6.45, 7) is 2.39. The first-order chi connectivity index (χ1) is 22.8. The van der Waals surface area contributed by atoms with Gasteiger partial charge in [-0.05, 0) is 59.6 Å². The number of azo groups is 1. The summed E-state index contributed by atoms with van der Waals surface area (Å²) in [7, 11) is -9.85. The van der Waals surface area contributed by atoms with E-state index in [-0.39, 0.29) is 44.7 Å². The van der Waals surface area contributed by atoms with Gasteiger partial charge in [-0.15, -0.1) is 10.2 Å². The minimum Gasteiger partial charge on any atom is -0.505 e. The Hall–Kier alpha value is -5.26. The second-order valence-electron chi connectivity index (χ2n) is 10.2. The van der Waals surface area contributed by atoms with E-state index in [4.69, 9.17) is 11.6 Å². The molecule has 0 atom stereocenters. The summed E-state index contributed by atoms with van der Waals surface area (Å²) in [5.74, 6) is -0.521. The first-order valence-electron chi connectivity index (χ1n) is 14.0. The number of nitrogens with zero attached hydrogens (tertiary/aromatic N) is 6. The smallest absolute Gasteiger partial charge is 0.297 e. The largest absolute Gasteiger partial charge is 0.505 e. The molecule has 0 unspecified atom stereocenters. The molecule has 244 valence electrons. The molecule has 0 aliphatic carbocycles. The lowest BCUT2D eigenvalue weighted by Crippen LogP contribution is -2.19. The van der Waals surface area contributed by atoms with E-state index < -0.39 is 41.5 Å². The lowest BCUT2D eigenvalue weighted by atomic mass is 10.1. The summed E-state index contributed by atoms with van der Waals surface area (Å²) in [4.78, 5) is 13.3. The zero-order valence-corrected chi connectivity index (χ0v) is 27.1. The number of fused-ring (bicyclic) bond motifs is 2. The number of phenols is 1. The summed E-state index contributed by atoms with van der Waals surface area (Å²) in [5.41, 5.74) is -0.0741. The Labute approximate surface area is 278 Å². The second kappa shape index (κ2) is 12.7.